The van der Waals surface area contributed by atoms with E-state index in [0.29, 0.717) is 6.54 Å². The standard InChI is InChI=1S/C11H13ClN2S/c1-11(2,6-13)10-14-8-5-7(12)3-4-9(8)15-10/h3-5H,6,13H2,1-2H3. The predicted molar refractivity (Wildman–Crippen MR) is 66.7 cm³/mol. The van der Waals surface area contributed by atoms with E-state index in [-0.39, 0.29) is 5.41 Å². The first-order chi connectivity index (χ1) is 7.03. The molecule has 0 amide bonds. The van der Waals surface area contributed by atoms with E-state index in [1.807, 2.05) is 18.2 Å². The second-order valence-corrected chi connectivity index (χ2v) is 5.69. The molecule has 0 fully saturated rings. The Kier molecular flexibility index (Phi) is 2.71. The first-order valence-electron chi connectivity index (χ1n) is 4.79. The maximum Gasteiger partial charge on any atom is 0.101 e. The zero-order valence-electron chi connectivity index (χ0n) is 8.75. The molecule has 1 aromatic carbocycles. The molecule has 0 radical (unpaired) electrons. The van der Waals surface area contributed by atoms with E-state index in [1.54, 1.807) is 11.3 Å². The summed E-state index contributed by atoms with van der Waals surface area (Å²) in [6.07, 6.45) is 0. The fourth-order valence-electron chi connectivity index (χ4n) is 1.28. The number of hydrogen-bond acceptors (Lipinski definition) is 3. The maximum atomic E-state index is 5.92. The number of nitrogens with two attached hydrogens (primary N) is 1. The largest absolute Gasteiger partial charge is 0.330 e. The summed E-state index contributed by atoms with van der Waals surface area (Å²) in [6.45, 7) is 4.80. The van der Waals surface area contributed by atoms with Gasteiger partial charge in [-0.3, -0.25) is 0 Å². The van der Waals surface area contributed by atoms with Crippen molar-refractivity contribution in [2.75, 3.05) is 6.54 Å². The van der Waals surface area contributed by atoms with E-state index < -0.39 is 0 Å². The number of hydrogen-bond donors (Lipinski definition) is 1. The molecule has 0 aliphatic heterocycles. The second-order valence-electron chi connectivity index (χ2n) is 4.22. The molecular formula is C11H13ClN2S. The van der Waals surface area contributed by atoms with Crippen molar-refractivity contribution in [3.8, 4) is 0 Å². The van der Waals surface area contributed by atoms with E-state index in [1.165, 1.54) is 0 Å². The maximum absolute atomic E-state index is 5.92. The van der Waals surface area contributed by atoms with Gasteiger partial charge in [-0.1, -0.05) is 25.4 Å². The highest BCUT2D eigenvalue weighted by atomic mass is 35.5. The van der Waals surface area contributed by atoms with Crippen molar-refractivity contribution >= 4 is 33.2 Å². The number of halogens is 1. The molecule has 0 atom stereocenters. The molecule has 0 saturated carbocycles. The molecule has 15 heavy (non-hydrogen) atoms. The second kappa shape index (κ2) is 3.74. The topological polar surface area (TPSA) is 38.9 Å². The Balaban J connectivity index is 2.56. The van der Waals surface area contributed by atoms with Crippen LogP contribution < -0.4 is 5.73 Å². The van der Waals surface area contributed by atoms with Crippen LogP contribution in [0.4, 0.5) is 0 Å². The Hall–Kier alpha value is -0.640. The molecule has 0 spiro atoms. The van der Waals surface area contributed by atoms with Crippen LogP contribution >= 0.6 is 22.9 Å². The summed E-state index contributed by atoms with van der Waals surface area (Å²) in [5.74, 6) is 0. The first-order valence-corrected chi connectivity index (χ1v) is 5.99. The molecule has 0 aliphatic rings. The first kappa shape index (κ1) is 10.9. The van der Waals surface area contributed by atoms with Gasteiger partial charge in [-0.05, 0) is 18.2 Å². The van der Waals surface area contributed by atoms with Crippen LogP contribution in [0.1, 0.15) is 18.9 Å². The molecular weight excluding hydrogens is 228 g/mol. The van der Waals surface area contributed by atoms with E-state index in [2.05, 4.69) is 18.8 Å². The highest BCUT2D eigenvalue weighted by Gasteiger charge is 2.22. The van der Waals surface area contributed by atoms with Gasteiger partial charge < -0.3 is 5.73 Å². The average Bonchev–Trinajstić information content (AvgIpc) is 2.61. The number of thiazole rings is 1. The van der Waals surface area contributed by atoms with E-state index in [0.717, 1.165) is 20.2 Å². The van der Waals surface area contributed by atoms with Gasteiger partial charge in [0.2, 0.25) is 0 Å². The highest BCUT2D eigenvalue weighted by Crippen LogP contribution is 2.31. The molecule has 2 rings (SSSR count). The van der Waals surface area contributed by atoms with Gasteiger partial charge in [0.25, 0.3) is 0 Å². The van der Waals surface area contributed by atoms with Crippen molar-refractivity contribution in [3.63, 3.8) is 0 Å². The predicted octanol–water partition coefficient (Wildman–Crippen LogP) is 3.19. The summed E-state index contributed by atoms with van der Waals surface area (Å²) in [5, 5.41) is 1.80. The number of rotatable bonds is 2. The third-order valence-corrected chi connectivity index (χ3v) is 4.08. The number of aromatic nitrogens is 1. The summed E-state index contributed by atoms with van der Waals surface area (Å²) in [6, 6.07) is 5.79. The molecule has 2 N–H and O–H groups in total. The third kappa shape index (κ3) is 2.00. The van der Waals surface area contributed by atoms with Crippen molar-refractivity contribution in [1.82, 2.24) is 4.98 Å². The lowest BCUT2D eigenvalue weighted by Crippen LogP contribution is -2.27. The molecule has 2 aromatic rings. The normalized spacial score (nSPS) is 12.3. The number of benzene rings is 1. The van der Waals surface area contributed by atoms with Gasteiger partial charge in [0, 0.05) is 17.0 Å². The van der Waals surface area contributed by atoms with Crippen LogP contribution in [0.3, 0.4) is 0 Å². The molecule has 1 heterocycles. The lowest BCUT2D eigenvalue weighted by atomic mass is 9.95. The Morgan fingerprint density at radius 3 is 2.87 bits per heavy atom. The third-order valence-electron chi connectivity index (χ3n) is 2.44. The van der Waals surface area contributed by atoms with Crippen LogP contribution in [-0.2, 0) is 5.41 Å². The van der Waals surface area contributed by atoms with Crippen molar-refractivity contribution in [3.05, 3.63) is 28.2 Å². The lowest BCUT2D eigenvalue weighted by Gasteiger charge is -2.18. The lowest BCUT2D eigenvalue weighted by molar-refractivity contribution is 0.536. The summed E-state index contributed by atoms with van der Waals surface area (Å²) < 4.78 is 1.16. The van der Waals surface area contributed by atoms with E-state index >= 15 is 0 Å². The van der Waals surface area contributed by atoms with Crippen LogP contribution in [0, 0.1) is 0 Å². The van der Waals surface area contributed by atoms with Crippen LogP contribution in [0.5, 0.6) is 0 Å². The summed E-state index contributed by atoms with van der Waals surface area (Å²) in [4.78, 5) is 4.57. The van der Waals surface area contributed by atoms with Gasteiger partial charge in [-0.25, -0.2) is 4.98 Å². The summed E-state index contributed by atoms with van der Waals surface area (Å²) >= 11 is 7.60. The molecule has 80 valence electrons. The quantitative estimate of drug-likeness (QED) is 0.876. The van der Waals surface area contributed by atoms with Gasteiger partial charge in [0.15, 0.2) is 0 Å². The SMILES string of the molecule is CC(C)(CN)c1nc2cc(Cl)ccc2s1. The Bertz CT molecular complexity index is 490. The minimum absolute atomic E-state index is 0.0594. The molecule has 4 heteroatoms. The molecule has 0 bridgehead atoms. The van der Waals surface area contributed by atoms with Gasteiger partial charge in [0.1, 0.15) is 5.01 Å². The van der Waals surface area contributed by atoms with Crippen molar-refractivity contribution < 1.29 is 0 Å². The smallest absolute Gasteiger partial charge is 0.101 e. The van der Waals surface area contributed by atoms with Crippen molar-refractivity contribution in [1.29, 1.82) is 0 Å². The minimum Gasteiger partial charge on any atom is -0.330 e. The van der Waals surface area contributed by atoms with Crippen LogP contribution in [0.15, 0.2) is 18.2 Å². The van der Waals surface area contributed by atoms with Gasteiger partial charge in [0.05, 0.1) is 10.2 Å². The molecule has 0 aliphatic carbocycles. The van der Waals surface area contributed by atoms with E-state index in [9.17, 15) is 0 Å². The van der Waals surface area contributed by atoms with E-state index in [4.69, 9.17) is 17.3 Å². The Labute approximate surface area is 98.1 Å². The number of nitrogens with zero attached hydrogens (tertiary/aromatic N) is 1. The average molecular weight is 241 g/mol. The Morgan fingerprint density at radius 1 is 1.47 bits per heavy atom. The molecule has 2 nitrogen and oxygen atoms in total. The van der Waals surface area contributed by atoms with Crippen LogP contribution in [0.25, 0.3) is 10.2 Å². The molecule has 0 unspecified atom stereocenters. The minimum atomic E-state index is -0.0594. The summed E-state index contributed by atoms with van der Waals surface area (Å²) in [5.41, 5.74) is 6.63. The monoisotopic (exact) mass is 240 g/mol. The van der Waals surface area contributed by atoms with Crippen molar-refractivity contribution in [2.45, 2.75) is 19.3 Å². The van der Waals surface area contributed by atoms with Gasteiger partial charge in [-0.15, -0.1) is 11.3 Å². The van der Waals surface area contributed by atoms with Gasteiger partial charge >= 0.3 is 0 Å². The fourth-order valence-corrected chi connectivity index (χ4v) is 2.50. The van der Waals surface area contributed by atoms with Gasteiger partial charge in [-0.2, -0.15) is 0 Å². The van der Waals surface area contributed by atoms with Crippen LogP contribution in [0.2, 0.25) is 5.02 Å². The summed E-state index contributed by atoms with van der Waals surface area (Å²) in [7, 11) is 0. The fraction of sp³-hybridized carbons (Fsp3) is 0.364. The highest BCUT2D eigenvalue weighted by molar-refractivity contribution is 7.18. The van der Waals surface area contributed by atoms with Crippen LogP contribution in [-0.4, -0.2) is 11.5 Å². The molecule has 0 saturated heterocycles. The van der Waals surface area contributed by atoms with Crippen molar-refractivity contribution in [2.24, 2.45) is 5.73 Å². The molecule has 1 aromatic heterocycles. The zero-order valence-corrected chi connectivity index (χ0v) is 10.3. The number of fused-ring (bicyclic) bond motifs is 1. The zero-order chi connectivity index (χ0) is 11.1. The Morgan fingerprint density at radius 2 is 2.20 bits per heavy atom.